The maximum absolute atomic E-state index is 12.9. The van der Waals surface area contributed by atoms with Crippen molar-refractivity contribution in [1.29, 1.82) is 0 Å². The number of hydrogen-bond acceptors (Lipinski definition) is 5. The van der Waals surface area contributed by atoms with Gasteiger partial charge in [0.1, 0.15) is 5.69 Å². The van der Waals surface area contributed by atoms with E-state index in [1.807, 2.05) is 48.5 Å². The van der Waals surface area contributed by atoms with Crippen molar-refractivity contribution in [3.63, 3.8) is 0 Å². The Morgan fingerprint density at radius 3 is 2.38 bits per heavy atom. The van der Waals surface area contributed by atoms with E-state index < -0.39 is 12.1 Å². The molecule has 180 valence electrons. The van der Waals surface area contributed by atoms with Crippen molar-refractivity contribution >= 4 is 5.97 Å². The predicted octanol–water partition coefficient (Wildman–Crippen LogP) is 5.93. The number of H-pyrrole nitrogens is 1. The zero-order valence-electron chi connectivity index (χ0n) is 19.1. The van der Waals surface area contributed by atoms with Gasteiger partial charge < -0.3 is 4.84 Å². The van der Waals surface area contributed by atoms with E-state index in [-0.39, 0.29) is 18.0 Å². The van der Waals surface area contributed by atoms with Crippen LogP contribution >= 0.6 is 0 Å². The second-order valence-corrected chi connectivity index (χ2v) is 9.48. The van der Waals surface area contributed by atoms with E-state index >= 15 is 0 Å². The number of carbonyl (C=O) groups is 1. The molecule has 9 heteroatoms. The number of carbonyl (C=O) groups excluding carboxylic acids is 1. The number of hydroxylamine groups is 2. The Morgan fingerprint density at radius 1 is 1.09 bits per heavy atom. The SMILES string of the molecule is CC1(C)CCC(N(Cc2ccc(-c3cccc(-c4cn[nH]n4)c3)cc2)OC(=O)C(F)(F)F)CC1. The molecule has 1 saturated carbocycles. The van der Waals surface area contributed by atoms with Crippen LogP contribution in [0.25, 0.3) is 22.4 Å². The monoisotopic (exact) mass is 472 g/mol. The molecular weight excluding hydrogens is 445 g/mol. The third kappa shape index (κ3) is 5.83. The van der Waals surface area contributed by atoms with Crippen molar-refractivity contribution in [2.75, 3.05) is 0 Å². The summed E-state index contributed by atoms with van der Waals surface area (Å²) >= 11 is 0. The van der Waals surface area contributed by atoms with Crippen LogP contribution in [0.15, 0.2) is 54.7 Å². The van der Waals surface area contributed by atoms with E-state index in [1.165, 1.54) is 5.06 Å². The number of benzene rings is 2. The highest BCUT2D eigenvalue weighted by atomic mass is 19.4. The smallest absolute Gasteiger partial charge is 0.360 e. The van der Waals surface area contributed by atoms with E-state index in [2.05, 4.69) is 29.3 Å². The van der Waals surface area contributed by atoms with Gasteiger partial charge in [0, 0.05) is 11.6 Å². The highest BCUT2D eigenvalue weighted by Crippen LogP contribution is 2.38. The number of nitrogens with one attached hydrogen (secondary N) is 1. The van der Waals surface area contributed by atoms with Crippen molar-refractivity contribution in [3.8, 4) is 22.4 Å². The van der Waals surface area contributed by atoms with Crippen LogP contribution in [-0.2, 0) is 16.2 Å². The summed E-state index contributed by atoms with van der Waals surface area (Å²) in [4.78, 5) is 16.5. The van der Waals surface area contributed by atoms with Gasteiger partial charge in [-0.15, -0.1) is 5.06 Å². The Hall–Kier alpha value is -3.20. The topological polar surface area (TPSA) is 71.1 Å². The van der Waals surface area contributed by atoms with E-state index in [1.54, 1.807) is 6.20 Å². The minimum Gasteiger partial charge on any atom is -0.360 e. The summed E-state index contributed by atoms with van der Waals surface area (Å²) in [5, 5.41) is 11.7. The first-order valence-corrected chi connectivity index (χ1v) is 11.2. The maximum atomic E-state index is 12.9. The van der Waals surface area contributed by atoms with Crippen LogP contribution in [-0.4, -0.2) is 38.7 Å². The first-order chi connectivity index (χ1) is 16.1. The van der Waals surface area contributed by atoms with Gasteiger partial charge in [-0.3, -0.25) is 0 Å². The van der Waals surface area contributed by atoms with E-state index in [4.69, 9.17) is 4.84 Å². The number of hydrogen-bond donors (Lipinski definition) is 1. The second-order valence-electron chi connectivity index (χ2n) is 9.48. The molecule has 0 aliphatic heterocycles. The standard InChI is InChI=1S/C25H27F3N4O2/c1-24(2)12-10-21(11-13-24)32(34-23(33)25(26,27)28)16-17-6-8-18(9-7-17)19-4-3-5-20(14-19)22-15-29-31-30-22/h3-9,14-15,21H,10-13,16H2,1-2H3,(H,29,30,31). The minimum atomic E-state index is -5.04. The van der Waals surface area contributed by atoms with Crippen molar-refractivity contribution in [3.05, 3.63) is 60.3 Å². The molecular formula is C25H27F3N4O2. The van der Waals surface area contributed by atoms with Gasteiger partial charge in [-0.2, -0.15) is 28.6 Å². The molecule has 3 aromatic rings. The Morgan fingerprint density at radius 2 is 1.76 bits per heavy atom. The predicted molar refractivity (Wildman–Crippen MR) is 121 cm³/mol. The molecule has 0 atom stereocenters. The van der Waals surface area contributed by atoms with Gasteiger partial charge >= 0.3 is 12.1 Å². The Balaban J connectivity index is 1.50. The van der Waals surface area contributed by atoms with Crippen LogP contribution < -0.4 is 0 Å². The van der Waals surface area contributed by atoms with E-state index in [9.17, 15) is 18.0 Å². The van der Waals surface area contributed by atoms with Gasteiger partial charge in [0.25, 0.3) is 0 Å². The molecule has 1 aromatic heterocycles. The van der Waals surface area contributed by atoms with E-state index in [0.29, 0.717) is 12.8 Å². The lowest BCUT2D eigenvalue weighted by molar-refractivity contribution is -0.252. The number of nitrogens with zero attached hydrogens (tertiary/aromatic N) is 3. The van der Waals surface area contributed by atoms with Crippen molar-refractivity contribution < 1.29 is 22.8 Å². The van der Waals surface area contributed by atoms with Gasteiger partial charge in [-0.1, -0.05) is 56.3 Å². The van der Waals surface area contributed by atoms with Crippen molar-refractivity contribution in [1.82, 2.24) is 20.5 Å². The second kappa shape index (κ2) is 9.58. The molecule has 6 nitrogen and oxygen atoms in total. The highest BCUT2D eigenvalue weighted by molar-refractivity contribution is 5.75. The zero-order chi connectivity index (χ0) is 24.3. The molecule has 1 fully saturated rings. The normalized spacial score (nSPS) is 16.5. The van der Waals surface area contributed by atoms with Gasteiger partial charge in [-0.25, -0.2) is 4.79 Å². The molecule has 34 heavy (non-hydrogen) atoms. The number of aromatic amines is 1. The number of rotatable bonds is 6. The molecule has 1 N–H and O–H groups in total. The Kier molecular flexibility index (Phi) is 6.74. The molecule has 0 bridgehead atoms. The molecule has 1 heterocycles. The minimum absolute atomic E-state index is 0.0895. The zero-order valence-corrected chi connectivity index (χ0v) is 19.1. The first kappa shape index (κ1) is 23.9. The summed E-state index contributed by atoms with van der Waals surface area (Å²) < 4.78 is 38.7. The molecule has 4 rings (SSSR count). The summed E-state index contributed by atoms with van der Waals surface area (Å²) in [6.07, 6.45) is -0.330. The van der Waals surface area contributed by atoms with Gasteiger partial charge in [0.15, 0.2) is 0 Å². The van der Waals surface area contributed by atoms with Crippen LogP contribution in [0.2, 0.25) is 0 Å². The molecule has 1 aliphatic rings. The van der Waals surface area contributed by atoms with Gasteiger partial charge in [0.05, 0.1) is 12.7 Å². The fourth-order valence-electron chi connectivity index (χ4n) is 4.25. The summed E-state index contributed by atoms with van der Waals surface area (Å²) in [5.41, 5.74) is 4.47. The van der Waals surface area contributed by atoms with Crippen LogP contribution in [0.5, 0.6) is 0 Å². The third-order valence-electron chi connectivity index (χ3n) is 6.35. The Bertz CT molecular complexity index is 1100. The van der Waals surface area contributed by atoms with Crippen LogP contribution in [0, 0.1) is 5.41 Å². The molecule has 0 radical (unpaired) electrons. The van der Waals surface area contributed by atoms with Crippen LogP contribution in [0.3, 0.4) is 0 Å². The highest BCUT2D eigenvalue weighted by Gasteiger charge is 2.44. The number of halogens is 3. The first-order valence-electron chi connectivity index (χ1n) is 11.2. The summed E-state index contributed by atoms with van der Waals surface area (Å²) in [5.74, 6) is -2.18. The lowest BCUT2D eigenvalue weighted by atomic mass is 9.75. The van der Waals surface area contributed by atoms with Crippen molar-refractivity contribution in [2.24, 2.45) is 5.41 Å². The maximum Gasteiger partial charge on any atom is 0.492 e. The number of aromatic nitrogens is 3. The van der Waals surface area contributed by atoms with Crippen LogP contribution in [0.4, 0.5) is 13.2 Å². The fraction of sp³-hybridized carbons (Fsp3) is 0.400. The average molecular weight is 473 g/mol. The molecule has 2 aromatic carbocycles. The number of alkyl halides is 3. The lowest BCUT2D eigenvalue weighted by Crippen LogP contribution is -2.43. The summed E-state index contributed by atoms with van der Waals surface area (Å²) in [7, 11) is 0. The third-order valence-corrected chi connectivity index (χ3v) is 6.35. The van der Waals surface area contributed by atoms with Crippen molar-refractivity contribution in [2.45, 2.75) is 58.3 Å². The largest absolute Gasteiger partial charge is 0.492 e. The Labute approximate surface area is 196 Å². The molecule has 0 saturated heterocycles. The summed E-state index contributed by atoms with van der Waals surface area (Å²) in [6, 6.07) is 15.1. The van der Waals surface area contributed by atoms with E-state index in [0.717, 1.165) is 40.8 Å². The van der Waals surface area contributed by atoms with Gasteiger partial charge in [0.2, 0.25) is 0 Å². The average Bonchev–Trinajstić information content (AvgIpc) is 3.34. The lowest BCUT2D eigenvalue weighted by Gasteiger charge is -2.39. The molecule has 1 aliphatic carbocycles. The molecule has 0 spiro atoms. The molecule has 0 amide bonds. The molecule has 0 unspecified atom stereocenters. The quantitative estimate of drug-likeness (QED) is 0.450. The van der Waals surface area contributed by atoms with Crippen LogP contribution in [0.1, 0.15) is 45.1 Å². The fourth-order valence-corrected chi connectivity index (χ4v) is 4.25. The summed E-state index contributed by atoms with van der Waals surface area (Å²) in [6.45, 7) is 4.38. The van der Waals surface area contributed by atoms with Gasteiger partial charge in [-0.05, 0) is 53.9 Å².